The fraction of sp³-hybridized carbons (Fsp3) is 0.222. The van der Waals surface area contributed by atoms with E-state index in [4.69, 9.17) is 9.47 Å². The predicted octanol–water partition coefficient (Wildman–Crippen LogP) is 3.36. The second-order valence-corrected chi connectivity index (χ2v) is 7.40. The van der Waals surface area contributed by atoms with Crippen molar-refractivity contribution in [2.75, 3.05) is 24.9 Å². The van der Waals surface area contributed by atoms with Gasteiger partial charge in [-0.3, -0.25) is 14.9 Å². The Balaban J connectivity index is 1.61. The van der Waals surface area contributed by atoms with Gasteiger partial charge in [-0.25, -0.2) is 9.97 Å². The highest BCUT2D eigenvalue weighted by Gasteiger charge is 2.14. The molecule has 10 heteroatoms. The van der Waals surface area contributed by atoms with Gasteiger partial charge in [-0.2, -0.15) is 0 Å². The van der Waals surface area contributed by atoms with Gasteiger partial charge in [-0.1, -0.05) is 0 Å². The average Bonchev–Trinajstić information content (AvgIpc) is 3.29. The van der Waals surface area contributed by atoms with Gasteiger partial charge in [0.05, 0.1) is 32.0 Å². The molecule has 28 heavy (non-hydrogen) atoms. The quantitative estimate of drug-likeness (QED) is 0.610. The normalized spacial score (nSPS) is 10.4. The van der Waals surface area contributed by atoms with Gasteiger partial charge in [-0.05, 0) is 25.1 Å². The van der Waals surface area contributed by atoms with Gasteiger partial charge >= 0.3 is 0 Å². The van der Waals surface area contributed by atoms with Gasteiger partial charge in [-0.15, -0.1) is 22.7 Å². The third-order valence-corrected chi connectivity index (χ3v) is 5.31. The van der Waals surface area contributed by atoms with Crippen molar-refractivity contribution in [3.8, 4) is 11.5 Å². The molecule has 2 heterocycles. The van der Waals surface area contributed by atoms with Crippen LogP contribution < -0.4 is 20.1 Å². The van der Waals surface area contributed by atoms with Gasteiger partial charge in [0.25, 0.3) is 5.91 Å². The Kier molecular flexibility index (Phi) is 6.22. The first-order valence-corrected chi connectivity index (χ1v) is 9.94. The molecule has 0 spiro atoms. The number of hydrogen-bond acceptors (Lipinski definition) is 8. The van der Waals surface area contributed by atoms with Crippen LogP contribution in [0.3, 0.4) is 0 Å². The molecule has 0 aliphatic carbocycles. The summed E-state index contributed by atoms with van der Waals surface area (Å²) in [5, 5.41) is 10.0. The van der Waals surface area contributed by atoms with Crippen LogP contribution in [0, 0.1) is 6.92 Å². The molecule has 1 aromatic carbocycles. The van der Waals surface area contributed by atoms with E-state index in [-0.39, 0.29) is 18.2 Å². The number of thiazole rings is 2. The molecule has 2 N–H and O–H groups in total. The first-order chi connectivity index (χ1) is 13.5. The summed E-state index contributed by atoms with van der Waals surface area (Å²) in [6.07, 6.45) is 0.0986. The summed E-state index contributed by atoms with van der Waals surface area (Å²) in [6, 6.07) is 4.88. The van der Waals surface area contributed by atoms with E-state index in [1.54, 1.807) is 23.6 Å². The van der Waals surface area contributed by atoms with Gasteiger partial charge in [0.15, 0.2) is 21.8 Å². The smallest absolute Gasteiger partial charge is 0.257 e. The molecule has 0 fully saturated rings. The van der Waals surface area contributed by atoms with Crippen molar-refractivity contribution < 1.29 is 19.1 Å². The Morgan fingerprint density at radius 2 is 1.71 bits per heavy atom. The molecule has 2 amide bonds. The second kappa shape index (κ2) is 8.81. The molecule has 0 unspecified atom stereocenters. The van der Waals surface area contributed by atoms with Gasteiger partial charge in [0, 0.05) is 16.3 Å². The molecule has 0 aliphatic rings. The van der Waals surface area contributed by atoms with Crippen molar-refractivity contribution >= 4 is 44.8 Å². The SMILES string of the molecule is COc1ccc(C(=O)Nc2nc(CC(=O)Nc3nc(C)cs3)cs2)cc1OC. The van der Waals surface area contributed by atoms with Crippen molar-refractivity contribution in [2.45, 2.75) is 13.3 Å². The Morgan fingerprint density at radius 1 is 1.00 bits per heavy atom. The van der Waals surface area contributed by atoms with Crippen LogP contribution in [0.4, 0.5) is 10.3 Å². The molecule has 0 radical (unpaired) electrons. The molecule has 2 aromatic heterocycles. The lowest BCUT2D eigenvalue weighted by molar-refractivity contribution is -0.115. The molecule has 0 bridgehead atoms. The number of amides is 2. The number of ether oxygens (including phenoxy) is 2. The topological polar surface area (TPSA) is 102 Å². The highest BCUT2D eigenvalue weighted by molar-refractivity contribution is 7.14. The Morgan fingerprint density at radius 3 is 2.39 bits per heavy atom. The molecular weight excluding hydrogens is 400 g/mol. The predicted molar refractivity (Wildman–Crippen MR) is 109 cm³/mol. The summed E-state index contributed by atoms with van der Waals surface area (Å²) in [4.78, 5) is 33.0. The molecule has 0 saturated carbocycles. The van der Waals surface area contributed by atoms with Crippen molar-refractivity contribution in [3.05, 3.63) is 45.9 Å². The number of rotatable bonds is 7. The molecular formula is C18H18N4O4S2. The zero-order valence-electron chi connectivity index (χ0n) is 15.4. The maximum absolute atomic E-state index is 12.4. The number of carbonyl (C=O) groups excluding carboxylic acids is 2. The van der Waals surface area contributed by atoms with E-state index >= 15 is 0 Å². The molecule has 3 rings (SSSR count). The van der Waals surface area contributed by atoms with E-state index in [2.05, 4.69) is 20.6 Å². The highest BCUT2D eigenvalue weighted by atomic mass is 32.1. The zero-order valence-corrected chi connectivity index (χ0v) is 17.1. The summed E-state index contributed by atoms with van der Waals surface area (Å²) in [5.74, 6) is 0.461. The van der Waals surface area contributed by atoms with Crippen molar-refractivity contribution in [1.82, 2.24) is 9.97 Å². The second-order valence-electron chi connectivity index (χ2n) is 5.69. The van der Waals surface area contributed by atoms with E-state index in [0.29, 0.717) is 33.0 Å². The Labute approximate surface area is 169 Å². The average molecular weight is 419 g/mol. The van der Waals surface area contributed by atoms with Crippen molar-refractivity contribution in [2.24, 2.45) is 0 Å². The number of carbonyl (C=O) groups is 2. The largest absolute Gasteiger partial charge is 0.493 e. The lowest BCUT2D eigenvalue weighted by Gasteiger charge is -2.09. The molecule has 0 atom stereocenters. The van der Waals surface area contributed by atoms with Crippen LogP contribution in [0.2, 0.25) is 0 Å². The van der Waals surface area contributed by atoms with Gasteiger partial charge < -0.3 is 14.8 Å². The van der Waals surface area contributed by atoms with Crippen LogP contribution in [0.5, 0.6) is 11.5 Å². The van der Waals surface area contributed by atoms with Crippen LogP contribution in [-0.2, 0) is 11.2 Å². The molecule has 0 saturated heterocycles. The van der Waals surface area contributed by atoms with E-state index in [1.165, 1.54) is 36.9 Å². The minimum atomic E-state index is -0.329. The summed E-state index contributed by atoms with van der Waals surface area (Å²) in [7, 11) is 3.03. The number of hydrogen-bond donors (Lipinski definition) is 2. The molecule has 146 valence electrons. The number of nitrogens with one attached hydrogen (secondary N) is 2. The fourth-order valence-corrected chi connectivity index (χ4v) is 3.74. The van der Waals surface area contributed by atoms with Crippen LogP contribution in [0.1, 0.15) is 21.7 Å². The standard InChI is InChI=1S/C18H18N4O4S2/c1-10-8-27-17(19-10)21-15(23)7-12-9-28-18(20-12)22-16(24)11-4-5-13(25-2)14(6-11)26-3/h4-6,8-9H,7H2,1-3H3,(H,19,21,23)(H,20,22,24). The summed E-state index contributed by atoms with van der Waals surface area (Å²) >= 11 is 2.62. The lowest BCUT2D eigenvalue weighted by atomic mass is 10.2. The van der Waals surface area contributed by atoms with E-state index < -0.39 is 0 Å². The third-order valence-electron chi connectivity index (χ3n) is 3.62. The van der Waals surface area contributed by atoms with E-state index in [1.807, 2.05) is 12.3 Å². The fourth-order valence-electron chi connectivity index (χ4n) is 2.33. The number of nitrogens with zero attached hydrogens (tertiary/aromatic N) is 2. The minimum Gasteiger partial charge on any atom is -0.493 e. The highest BCUT2D eigenvalue weighted by Crippen LogP contribution is 2.28. The maximum atomic E-state index is 12.4. The van der Waals surface area contributed by atoms with E-state index in [0.717, 1.165) is 5.69 Å². The lowest BCUT2D eigenvalue weighted by Crippen LogP contribution is -2.15. The van der Waals surface area contributed by atoms with E-state index in [9.17, 15) is 9.59 Å². The number of methoxy groups -OCH3 is 2. The summed E-state index contributed by atoms with van der Waals surface area (Å²) < 4.78 is 10.4. The monoisotopic (exact) mass is 418 g/mol. The first-order valence-electron chi connectivity index (χ1n) is 8.18. The molecule has 3 aromatic rings. The summed E-state index contributed by atoms with van der Waals surface area (Å²) in [6.45, 7) is 1.86. The van der Waals surface area contributed by atoms with Gasteiger partial charge in [0.2, 0.25) is 5.91 Å². The van der Waals surface area contributed by atoms with Crippen LogP contribution in [0.25, 0.3) is 0 Å². The van der Waals surface area contributed by atoms with Crippen LogP contribution in [-0.4, -0.2) is 36.0 Å². The zero-order chi connectivity index (χ0) is 20.1. The number of aryl methyl sites for hydroxylation is 1. The van der Waals surface area contributed by atoms with Crippen LogP contribution in [0.15, 0.2) is 29.0 Å². The third kappa shape index (κ3) is 4.84. The number of benzene rings is 1. The van der Waals surface area contributed by atoms with Crippen molar-refractivity contribution in [1.29, 1.82) is 0 Å². The summed E-state index contributed by atoms with van der Waals surface area (Å²) in [5.41, 5.74) is 1.83. The number of anilines is 2. The van der Waals surface area contributed by atoms with Crippen molar-refractivity contribution in [3.63, 3.8) is 0 Å². The minimum absolute atomic E-state index is 0.0986. The van der Waals surface area contributed by atoms with Gasteiger partial charge in [0.1, 0.15) is 0 Å². The molecule has 8 nitrogen and oxygen atoms in total. The maximum Gasteiger partial charge on any atom is 0.257 e. The number of aromatic nitrogens is 2. The Hall–Kier alpha value is -2.98. The first kappa shape index (κ1) is 19.8. The Bertz CT molecular complexity index is 999. The molecule has 0 aliphatic heterocycles. The van der Waals surface area contributed by atoms with Crippen LogP contribution >= 0.6 is 22.7 Å².